The Morgan fingerprint density at radius 3 is 2.82 bits per heavy atom. The summed E-state index contributed by atoms with van der Waals surface area (Å²) < 4.78 is 0.854. The number of carbonyl (C=O) groups is 1. The van der Waals surface area contributed by atoms with Gasteiger partial charge in [-0.1, -0.05) is 12.1 Å². The third-order valence-electron chi connectivity index (χ3n) is 2.27. The maximum atomic E-state index is 11.9. The molecule has 4 heteroatoms. The molecule has 0 spiro atoms. The number of pyridine rings is 1. The molecule has 1 aromatic heterocycles. The van der Waals surface area contributed by atoms with Gasteiger partial charge in [0.2, 0.25) is 0 Å². The van der Waals surface area contributed by atoms with E-state index < -0.39 is 0 Å². The number of benzene rings is 1. The number of aryl methyl sites for hydroxylation is 1. The molecule has 2 rings (SSSR count). The number of hydrogen-bond acceptors (Lipinski definition) is 2. The summed E-state index contributed by atoms with van der Waals surface area (Å²) in [5.41, 5.74) is 2.24. The van der Waals surface area contributed by atoms with E-state index in [0.717, 1.165) is 15.7 Å². The lowest BCUT2D eigenvalue weighted by Crippen LogP contribution is -2.13. The Labute approximate surface area is 108 Å². The molecular weight excluding hydrogens is 280 g/mol. The molecule has 1 amide bonds. The van der Waals surface area contributed by atoms with Gasteiger partial charge in [-0.15, -0.1) is 0 Å². The van der Waals surface area contributed by atoms with Gasteiger partial charge in [-0.3, -0.25) is 9.78 Å². The molecule has 86 valence electrons. The van der Waals surface area contributed by atoms with Gasteiger partial charge in [-0.2, -0.15) is 0 Å². The summed E-state index contributed by atoms with van der Waals surface area (Å²) >= 11 is 3.40. The van der Waals surface area contributed by atoms with Crippen molar-refractivity contribution in [3.63, 3.8) is 0 Å². The smallest absolute Gasteiger partial charge is 0.274 e. The van der Waals surface area contributed by atoms with Crippen LogP contribution in [-0.4, -0.2) is 10.9 Å². The summed E-state index contributed by atoms with van der Waals surface area (Å²) in [6.07, 6.45) is 1.60. The third-order valence-corrected chi connectivity index (χ3v) is 2.96. The molecule has 1 aromatic carbocycles. The van der Waals surface area contributed by atoms with Crippen molar-refractivity contribution in [2.45, 2.75) is 6.92 Å². The predicted molar refractivity (Wildman–Crippen MR) is 71.1 cm³/mol. The zero-order valence-electron chi connectivity index (χ0n) is 9.27. The van der Waals surface area contributed by atoms with E-state index >= 15 is 0 Å². The first-order chi connectivity index (χ1) is 8.16. The average molecular weight is 291 g/mol. The minimum absolute atomic E-state index is 0.211. The van der Waals surface area contributed by atoms with Crippen LogP contribution in [0.2, 0.25) is 0 Å². The van der Waals surface area contributed by atoms with E-state index in [9.17, 15) is 4.79 Å². The maximum absolute atomic E-state index is 11.9. The Hall–Kier alpha value is -1.68. The number of nitrogens with zero attached hydrogens (tertiary/aromatic N) is 1. The number of anilines is 1. The molecule has 0 saturated carbocycles. The summed E-state index contributed by atoms with van der Waals surface area (Å²) in [7, 11) is 0. The number of nitrogens with one attached hydrogen (secondary N) is 1. The van der Waals surface area contributed by atoms with Crippen molar-refractivity contribution in [2.24, 2.45) is 0 Å². The molecule has 1 N–H and O–H groups in total. The molecule has 0 atom stereocenters. The summed E-state index contributed by atoms with van der Waals surface area (Å²) in [4.78, 5) is 15.9. The Kier molecular flexibility index (Phi) is 3.54. The highest BCUT2D eigenvalue weighted by atomic mass is 79.9. The van der Waals surface area contributed by atoms with Crippen molar-refractivity contribution in [2.75, 3.05) is 5.32 Å². The second-order valence-electron chi connectivity index (χ2n) is 3.65. The van der Waals surface area contributed by atoms with Crippen LogP contribution in [0.5, 0.6) is 0 Å². The van der Waals surface area contributed by atoms with Crippen LogP contribution in [0.3, 0.4) is 0 Å². The zero-order valence-corrected chi connectivity index (χ0v) is 10.9. The predicted octanol–water partition coefficient (Wildman–Crippen LogP) is 3.40. The van der Waals surface area contributed by atoms with Crippen LogP contribution in [0.25, 0.3) is 0 Å². The minimum Gasteiger partial charge on any atom is -0.320 e. The number of amides is 1. The highest BCUT2D eigenvalue weighted by Gasteiger charge is 2.08. The molecule has 0 aliphatic rings. The molecule has 0 bridgehead atoms. The standard InChI is InChI=1S/C13H11BrN2O/c1-9-5-6-10(14)12(8-9)16-13(17)11-4-2-3-7-15-11/h2-8H,1H3,(H,16,17). The third kappa shape index (κ3) is 2.91. The highest BCUT2D eigenvalue weighted by Crippen LogP contribution is 2.23. The number of hydrogen-bond donors (Lipinski definition) is 1. The van der Waals surface area contributed by atoms with Gasteiger partial charge >= 0.3 is 0 Å². The molecule has 0 aliphatic heterocycles. The number of aromatic nitrogens is 1. The summed E-state index contributed by atoms with van der Waals surface area (Å²) in [6, 6.07) is 11.0. The normalized spacial score (nSPS) is 10.0. The van der Waals surface area contributed by atoms with E-state index in [0.29, 0.717) is 5.69 Å². The van der Waals surface area contributed by atoms with Gasteiger partial charge in [0.15, 0.2) is 0 Å². The van der Waals surface area contributed by atoms with Crippen LogP contribution in [0.15, 0.2) is 47.1 Å². The van der Waals surface area contributed by atoms with Crippen molar-refractivity contribution in [1.29, 1.82) is 0 Å². The second-order valence-corrected chi connectivity index (χ2v) is 4.51. The van der Waals surface area contributed by atoms with Crippen LogP contribution >= 0.6 is 15.9 Å². The van der Waals surface area contributed by atoms with E-state index in [2.05, 4.69) is 26.2 Å². The molecular formula is C13H11BrN2O. The quantitative estimate of drug-likeness (QED) is 0.921. The van der Waals surface area contributed by atoms with Gasteiger partial charge < -0.3 is 5.32 Å². The first-order valence-corrected chi connectivity index (χ1v) is 5.94. The maximum Gasteiger partial charge on any atom is 0.274 e. The lowest BCUT2D eigenvalue weighted by atomic mass is 10.2. The minimum atomic E-state index is -0.211. The van der Waals surface area contributed by atoms with Crippen LogP contribution < -0.4 is 5.32 Å². The van der Waals surface area contributed by atoms with Gasteiger partial charge in [0.25, 0.3) is 5.91 Å². The molecule has 1 heterocycles. The lowest BCUT2D eigenvalue weighted by Gasteiger charge is -2.07. The van der Waals surface area contributed by atoms with Crippen molar-refractivity contribution in [3.05, 3.63) is 58.3 Å². The van der Waals surface area contributed by atoms with Gasteiger partial charge in [0.05, 0.1) is 5.69 Å². The topological polar surface area (TPSA) is 42.0 Å². The number of carbonyl (C=O) groups excluding carboxylic acids is 1. The van der Waals surface area contributed by atoms with Gasteiger partial charge in [-0.05, 0) is 52.7 Å². The van der Waals surface area contributed by atoms with E-state index in [-0.39, 0.29) is 5.91 Å². The molecule has 0 fully saturated rings. The van der Waals surface area contributed by atoms with E-state index in [1.807, 2.05) is 25.1 Å². The van der Waals surface area contributed by atoms with Gasteiger partial charge in [0, 0.05) is 10.7 Å². The Balaban J connectivity index is 2.22. The zero-order chi connectivity index (χ0) is 12.3. The molecule has 2 aromatic rings. The van der Waals surface area contributed by atoms with Crippen molar-refractivity contribution in [1.82, 2.24) is 4.98 Å². The lowest BCUT2D eigenvalue weighted by molar-refractivity contribution is 0.102. The fourth-order valence-electron chi connectivity index (χ4n) is 1.42. The first-order valence-electron chi connectivity index (χ1n) is 5.15. The molecule has 0 radical (unpaired) electrons. The summed E-state index contributed by atoms with van der Waals surface area (Å²) in [5, 5.41) is 2.82. The van der Waals surface area contributed by atoms with Crippen LogP contribution in [0.4, 0.5) is 5.69 Å². The molecule has 17 heavy (non-hydrogen) atoms. The molecule has 0 unspecified atom stereocenters. The van der Waals surface area contributed by atoms with Crippen molar-refractivity contribution < 1.29 is 4.79 Å². The fraction of sp³-hybridized carbons (Fsp3) is 0.0769. The second kappa shape index (κ2) is 5.10. The van der Waals surface area contributed by atoms with E-state index in [1.165, 1.54) is 0 Å². The number of rotatable bonds is 2. The largest absolute Gasteiger partial charge is 0.320 e. The summed E-state index contributed by atoms with van der Waals surface area (Å²) in [6.45, 7) is 1.98. The molecule has 0 saturated heterocycles. The van der Waals surface area contributed by atoms with Gasteiger partial charge in [0.1, 0.15) is 5.69 Å². The van der Waals surface area contributed by atoms with Gasteiger partial charge in [-0.25, -0.2) is 0 Å². The Morgan fingerprint density at radius 2 is 2.12 bits per heavy atom. The fourth-order valence-corrected chi connectivity index (χ4v) is 1.76. The first kappa shape index (κ1) is 11.8. The monoisotopic (exact) mass is 290 g/mol. The molecule has 3 nitrogen and oxygen atoms in total. The van der Waals surface area contributed by atoms with Crippen molar-refractivity contribution >= 4 is 27.5 Å². The SMILES string of the molecule is Cc1ccc(Br)c(NC(=O)c2ccccn2)c1. The molecule has 0 aliphatic carbocycles. The average Bonchev–Trinajstić information content (AvgIpc) is 2.35. The van der Waals surface area contributed by atoms with Crippen LogP contribution in [-0.2, 0) is 0 Å². The van der Waals surface area contributed by atoms with E-state index in [1.54, 1.807) is 24.4 Å². The Bertz CT molecular complexity index is 540. The highest BCUT2D eigenvalue weighted by molar-refractivity contribution is 9.10. The van der Waals surface area contributed by atoms with E-state index in [4.69, 9.17) is 0 Å². The van der Waals surface area contributed by atoms with Crippen molar-refractivity contribution in [3.8, 4) is 0 Å². The number of halogens is 1. The summed E-state index contributed by atoms with van der Waals surface area (Å²) in [5.74, 6) is -0.211. The Morgan fingerprint density at radius 1 is 1.29 bits per heavy atom. The van der Waals surface area contributed by atoms with Crippen LogP contribution in [0.1, 0.15) is 16.1 Å². The van der Waals surface area contributed by atoms with Crippen LogP contribution in [0, 0.1) is 6.92 Å².